The van der Waals surface area contributed by atoms with Crippen LogP contribution >= 0.6 is 0 Å². The maximum atomic E-state index is 12.2. The fourth-order valence-corrected chi connectivity index (χ4v) is 2.38. The van der Waals surface area contributed by atoms with Crippen molar-refractivity contribution >= 4 is 11.8 Å². The van der Waals surface area contributed by atoms with E-state index in [-0.39, 0.29) is 13.0 Å². The number of carbonyl (C=O) groups excluding carboxylic acids is 2. The Hall–Kier alpha value is -2.73. The number of nitrogens with two attached hydrogens (primary N) is 1. The molecular weight excluding hydrogens is 318 g/mol. The molecule has 0 saturated heterocycles. The van der Waals surface area contributed by atoms with Gasteiger partial charge in [-0.2, -0.15) is 0 Å². The topological polar surface area (TPSA) is 105 Å². The number of carbonyl (C=O) groups is 2. The van der Waals surface area contributed by atoms with Gasteiger partial charge in [0, 0.05) is 6.20 Å². The van der Waals surface area contributed by atoms with Crippen molar-refractivity contribution in [3.63, 3.8) is 0 Å². The Bertz CT molecular complexity index is 677. The number of amides is 2. The van der Waals surface area contributed by atoms with E-state index >= 15 is 0 Å². The molecule has 0 unspecified atom stereocenters. The number of aromatic nitrogens is 1. The number of aliphatic hydroxyl groups is 1. The Kier molecular flexibility index (Phi) is 7.10. The van der Waals surface area contributed by atoms with Gasteiger partial charge >= 0.3 is 0 Å². The molecule has 4 N–H and O–H groups in total. The van der Waals surface area contributed by atoms with Crippen molar-refractivity contribution in [2.75, 3.05) is 0 Å². The number of hydrogen-bond acceptors (Lipinski definition) is 4. The van der Waals surface area contributed by atoms with Crippen LogP contribution in [0.25, 0.3) is 0 Å². The summed E-state index contributed by atoms with van der Waals surface area (Å²) in [5.41, 5.74) is 7.04. The average Bonchev–Trinajstić information content (AvgIpc) is 2.64. The normalized spacial score (nSPS) is 13.0. The lowest BCUT2D eigenvalue weighted by Gasteiger charge is -2.17. The summed E-state index contributed by atoms with van der Waals surface area (Å²) in [7, 11) is 0. The molecule has 0 aliphatic heterocycles. The Morgan fingerprint density at radius 3 is 2.52 bits per heavy atom. The Labute approximate surface area is 147 Å². The number of nitrogens with one attached hydrogen (secondary N) is 1. The summed E-state index contributed by atoms with van der Waals surface area (Å²) in [6.07, 6.45) is 2.88. The van der Waals surface area contributed by atoms with E-state index in [9.17, 15) is 14.7 Å². The monoisotopic (exact) mass is 340 g/mol. The van der Waals surface area contributed by atoms with Crippen molar-refractivity contribution in [2.24, 2.45) is 11.7 Å². The minimum atomic E-state index is -1.09. The summed E-state index contributed by atoms with van der Waals surface area (Å²) in [6, 6.07) is 15.0. The van der Waals surface area contributed by atoms with Crippen molar-refractivity contribution in [2.45, 2.75) is 25.5 Å². The van der Waals surface area contributed by atoms with E-state index < -0.39 is 23.8 Å². The van der Waals surface area contributed by atoms with Crippen LogP contribution in [-0.4, -0.2) is 28.0 Å². The van der Waals surface area contributed by atoms with E-state index in [2.05, 4.69) is 10.3 Å². The molecule has 2 rings (SSSR count). The van der Waals surface area contributed by atoms with Crippen LogP contribution in [0.4, 0.5) is 0 Å². The number of hydrogen-bond donors (Lipinski definition) is 3. The molecule has 2 amide bonds. The quantitative estimate of drug-likeness (QED) is 0.592. The van der Waals surface area contributed by atoms with Gasteiger partial charge in [0.2, 0.25) is 11.8 Å². The number of rotatable bonds is 9. The first kappa shape index (κ1) is 18.6. The Morgan fingerprint density at radius 1 is 1.16 bits per heavy atom. The molecule has 0 aliphatic rings. The van der Waals surface area contributed by atoms with Crippen LogP contribution in [0.2, 0.25) is 0 Å². The van der Waals surface area contributed by atoms with Gasteiger partial charge in [-0.05, 0) is 37.0 Å². The molecule has 1 radical (unpaired) electrons. The van der Waals surface area contributed by atoms with Gasteiger partial charge in [-0.25, -0.2) is 0 Å². The highest BCUT2D eigenvalue weighted by atomic mass is 16.3. The molecule has 0 aliphatic carbocycles. The minimum Gasteiger partial charge on any atom is -0.393 e. The molecule has 1 heterocycles. The van der Waals surface area contributed by atoms with Crippen LogP contribution in [0.5, 0.6) is 0 Å². The highest BCUT2D eigenvalue weighted by molar-refractivity contribution is 5.99. The molecule has 2 aromatic rings. The maximum absolute atomic E-state index is 12.2. The van der Waals surface area contributed by atoms with Crippen molar-refractivity contribution in [1.82, 2.24) is 10.3 Å². The van der Waals surface area contributed by atoms with Gasteiger partial charge in [-0.1, -0.05) is 36.4 Å². The van der Waals surface area contributed by atoms with E-state index in [1.807, 2.05) is 36.4 Å². The largest absolute Gasteiger partial charge is 0.393 e. The first-order valence-corrected chi connectivity index (χ1v) is 8.08. The van der Waals surface area contributed by atoms with Crippen molar-refractivity contribution in [3.8, 4) is 0 Å². The van der Waals surface area contributed by atoms with E-state index in [0.29, 0.717) is 12.1 Å². The van der Waals surface area contributed by atoms with Gasteiger partial charge < -0.3 is 16.2 Å². The van der Waals surface area contributed by atoms with Crippen LogP contribution in [0.3, 0.4) is 0 Å². The first-order chi connectivity index (χ1) is 12.1. The molecule has 0 fully saturated rings. The van der Waals surface area contributed by atoms with Crippen molar-refractivity contribution < 1.29 is 14.7 Å². The standard InChI is InChI=1S/C19H22N3O3/c20-18(24)17(19(25)22-13-15-8-4-5-11-21-15)12-16(23)10-9-14-6-2-1-3-7-14/h1-8,10-11,16-17,23H,9,12-13H2,(H2,20,24)(H,22,25)/t16-,17+/m0/s1. The predicted octanol–water partition coefficient (Wildman–Crippen LogP) is 0.997. The lowest BCUT2D eigenvalue weighted by molar-refractivity contribution is -0.134. The van der Waals surface area contributed by atoms with Crippen molar-refractivity contribution in [1.29, 1.82) is 0 Å². The van der Waals surface area contributed by atoms with E-state index in [1.165, 1.54) is 0 Å². The number of nitrogens with zero attached hydrogens (tertiary/aromatic N) is 1. The summed E-state index contributed by atoms with van der Waals surface area (Å²) in [6.45, 7) is 0.202. The van der Waals surface area contributed by atoms with Crippen LogP contribution in [-0.2, 0) is 22.6 Å². The van der Waals surface area contributed by atoms with Crippen LogP contribution in [0, 0.1) is 12.3 Å². The maximum Gasteiger partial charge on any atom is 0.232 e. The number of primary amides is 1. The SMILES string of the molecule is NC(=O)[C@@H](C[C@@H](O)[CH]Cc1ccccc1)C(=O)NCc1ccccn1. The molecule has 0 bridgehead atoms. The van der Waals surface area contributed by atoms with Gasteiger partial charge in [0.15, 0.2) is 0 Å². The Balaban J connectivity index is 1.84. The molecule has 6 heteroatoms. The predicted molar refractivity (Wildman–Crippen MR) is 93.8 cm³/mol. The van der Waals surface area contributed by atoms with Gasteiger partial charge in [0.05, 0.1) is 18.3 Å². The molecule has 1 aromatic carbocycles. The van der Waals surface area contributed by atoms with E-state index in [1.54, 1.807) is 24.8 Å². The molecule has 6 nitrogen and oxygen atoms in total. The second kappa shape index (κ2) is 9.54. The minimum absolute atomic E-state index is 0.0454. The number of aliphatic hydroxyl groups excluding tert-OH is 1. The zero-order chi connectivity index (χ0) is 18.1. The van der Waals surface area contributed by atoms with Crippen LogP contribution < -0.4 is 11.1 Å². The zero-order valence-corrected chi connectivity index (χ0v) is 13.8. The molecule has 0 spiro atoms. The summed E-state index contributed by atoms with van der Waals surface area (Å²) >= 11 is 0. The number of benzene rings is 1. The lowest BCUT2D eigenvalue weighted by atomic mass is 9.96. The fraction of sp³-hybridized carbons (Fsp3) is 0.263. The van der Waals surface area contributed by atoms with E-state index in [0.717, 1.165) is 5.56 Å². The summed E-state index contributed by atoms with van der Waals surface area (Å²) in [4.78, 5) is 27.9. The van der Waals surface area contributed by atoms with Gasteiger partial charge in [-0.15, -0.1) is 0 Å². The van der Waals surface area contributed by atoms with Gasteiger partial charge in [-0.3, -0.25) is 14.6 Å². The molecule has 1 aromatic heterocycles. The van der Waals surface area contributed by atoms with E-state index in [4.69, 9.17) is 5.73 Å². The third-order valence-corrected chi connectivity index (χ3v) is 3.78. The lowest BCUT2D eigenvalue weighted by Crippen LogP contribution is -2.40. The van der Waals surface area contributed by atoms with Crippen molar-refractivity contribution in [3.05, 3.63) is 72.4 Å². The molecule has 0 saturated carbocycles. The highest BCUT2D eigenvalue weighted by Gasteiger charge is 2.27. The third kappa shape index (κ3) is 6.35. The Morgan fingerprint density at radius 2 is 1.88 bits per heavy atom. The molecule has 131 valence electrons. The summed E-state index contributed by atoms with van der Waals surface area (Å²) in [5.74, 6) is -2.36. The number of pyridine rings is 1. The van der Waals surface area contributed by atoms with Gasteiger partial charge in [0.25, 0.3) is 0 Å². The summed E-state index contributed by atoms with van der Waals surface area (Å²) in [5, 5.41) is 12.7. The highest BCUT2D eigenvalue weighted by Crippen LogP contribution is 2.12. The molecule has 25 heavy (non-hydrogen) atoms. The summed E-state index contributed by atoms with van der Waals surface area (Å²) < 4.78 is 0. The fourth-order valence-electron chi connectivity index (χ4n) is 2.38. The second-order valence-corrected chi connectivity index (χ2v) is 5.72. The zero-order valence-electron chi connectivity index (χ0n) is 13.8. The molecule has 2 atom stereocenters. The van der Waals surface area contributed by atoms with Gasteiger partial charge in [0.1, 0.15) is 5.92 Å². The third-order valence-electron chi connectivity index (χ3n) is 3.78. The first-order valence-electron chi connectivity index (χ1n) is 8.08. The second-order valence-electron chi connectivity index (χ2n) is 5.72. The van der Waals surface area contributed by atoms with Crippen LogP contribution in [0.1, 0.15) is 17.7 Å². The average molecular weight is 340 g/mol. The molecular formula is C19H22N3O3. The van der Waals surface area contributed by atoms with Crippen LogP contribution in [0.15, 0.2) is 54.7 Å². The smallest absolute Gasteiger partial charge is 0.232 e.